The van der Waals surface area contributed by atoms with Crippen LogP contribution in [0.15, 0.2) is 6.07 Å². The standard InChI is InChI=1S/C14H22N4OS2/c1-5-15-14-17-12(16-9(2)6-7-21(4)19)11-8-10(3)20-13(11)18-14/h8-9H,5-7H2,1-4H3,(H2,15,16,17,18). The van der Waals surface area contributed by atoms with Crippen molar-refractivity contribution in [3.8, 4) is 0 Å². The van der Waals surface area contributed by atoms with Crippen molar-refractivity contribution in [3.05, 3.63) is 10.9 Å². The predicted octanol–water partition coefficient (Wildman–Crippen LogP) is 3.00. The monoisotopic (exact) mass is 326 g/mol. The highest BCUT2D eigenvalue weighted by molar-refractivity contribution is 7.84. The highest BCUT2D eigenvalue weighted by Crippen LogP contribution is 2.30. The topological polar surface area (TPSA) is 66.9 Å². The van der Waals surface area contributed by atoms with Crippen molar-refractivity contribution in [2.24, 2.45) is 0 Å². The van der Waals surface area contributed by atoms with Gasteiger partial charge >= 0.3 is 0 Å². The Morgan fingerprint density at radius 3 is 2.86 bits per heavy atom. The molecule has 21 heavy (non-hydrogen) atoms. The van der Waals surface area contributed by atoms with Gasteiger partial charge in [0.25, 0.3) is 0 Å². The van der Waals surface area contributed by atoms with Gasteiger partial charge in [0.1, 0.15) is 10.6 Å². The van der Waals surface area contributed by atoms with Crippen LogP contribution in [0.3, 0.4) is 0 Å². The third-order valence-corrected chi connectivity index (χ3v) is 4.83. The molecule has 0 spiro atoms. The fourth-order valence-corrected chi connectivity index (χ4v) is 3.60. The molecule has 0 aliphatic heterocycles. The van der Waals surface area contributed by atoms with E-state index in [0.29, 0.717) is 11.7 Å². The van der Waals surface area contributed by atoms with E-state index in [-0.39, 0.29) is 6.04 Å². The Balaban J connectivity index is 2.25. The van der Waals surface area contributed by atoms with Gasteiger partial charge < -0.3 is 10.6 Å². The summed E-state index contributed by atoms with van der Waals surface area (Å²) in [5.74, 6) is 2.21. The molecular formula is C14H22N4OS2. The van der Waals surface area contributed by atoms with Gasteiger partial charge in [-0.15, -0.1) is 11.3 Å². The molecule has 116 valence electrons. The van der Waals surface area contributed by atoms with E-state index in [1.807, 2.05) is 6.92 Å². The molecule has 0 aliphatic rings. The van der Waals surface area contributed by atoms with Gasteiger partial charge in [0.2, 0.25) is 5.95 Å². The zero-order valence-electron chi connectivity index (χ0n) is 12.9. The van der Waals surface area contributed by atoms with Crippen molar-refractivity contribution in [1.29, 1.82) is 0 Å². The van der Waals surface area contributed by atoms with E-state index in [4.69, 9.17) is 0 Å². The van der Waals surface area contributed by atoms with Crippen molar-refractivity contribution < 1.29 is 4.21 Å². The molecule has 2 heterocycles. The lowest BCUT2D eigenvalue weighted by atomic mass is 10.2. The van der Waals surface area contributed by atoms with Gasteiger partial charge in [-0.3, -0.25) is 4.21 Å². The maximum Gasteiger partial charge on any atom is 0.226 e. The summed E-state index contributed by atoms with van der Waals surface area (Å²) in [4.78, 5) is 11.3. The summed E-state index contributed by atoms with van der Waals surface area (Å²) in [6.45, 7) is 6.98. The molecule has 0 aliphatic carbocycles. The first-order chi connectivity index (χ1) is 9.99. The zero-order chi connectivity index (χ0) is 15.4. The molecule has 2 unspecified atom stereocenters. The molecule has 0 amide bonds. The van der Waals surface area contributed by atoms with Gasteiger partial charge in [-0.2, -0.15) is 4.98 Å². The number of aryl methyl sites for hydroxylation is 1. The molecule has 2 aromatic heterocycles. The molecule has 7 heteroatoms. The van der Waals surface area contributed by atoms with Crippen LogP contribution in [0.1, 0.15) is 25.1 Å². The van der Waals surface area contributed by atoms with Crippen molar-refractivity contribution in [2.75, 3.05) is 29.2 Å². The van der Waals surface area contributed by atoms with Crippen LogP contribution in [-0.2, 0) is 10.8 Å². The quantitative estimate of drug-likeness (QED) is 0.819. The summed E-state index contributed by atoms with van der Waals surface area (Å²) in [6.07, 6.45) is 2.59. The third kappa shape index (κ3) is 4.38. The van der Waals surface area contributed by atoms with Crippen LogP contribution in [0.25, 0.3) is 10.2 Å². The second kappa shape index (κ2) is 7.17. The Kier molecular flexibility index (Phi) is 5.52. The molecule has 2 N–H and O–H groups in total. The molecule has 0 radical (unpaired) electrons. The molecule has 0 bridgehead atoms. The number of nitrogens with one attached hydrogen (secondary N) is 2. The molecule has 0 aromatic carbocycles. The Morgan fingerprint density at radius 2 is 2.19 bits per heavy atom. The number of hydrogen-bond acceptors (Lipinski definition) is 6. The van der Waals surface area contributed by atoms with Crippen LogP contribution in [-0.4, -0.2) is 38.8 Å². The summed E-state index contributed by atoms with van der Waals surface area (Å²) in [6, 6.07) is 2.34. The largest absolute Gasteiger partial charge is 0.367 e. The highest BCUT2D eigenvalue weighted by Gasteiger charge is 2.12. The Labute approximate surface area is 132 Å². The maximum absolute atomic E-state index is 11.2. The Morgan fingerprint density at radius 1 is 1.43 bits per heavy atom. The van der Waals surface area contributed by atoms with Gasteiger partial charge in [0, 0.05) is 40.3 Å². The number of hydrogen-bond donors (Lipinski definition) is 2. The zero-order valence-corrected chi connectivity index (χ0v) is 14.5. The SMILES string of the molecule is CCNc1nc(NC(C)CCS(C)=O)c2cc(C)sc2n1. The molecule has 0 fully saturated rings. The van der Waals surface area contributed by atoms with Crippen LogP contribution in [0.2, 0.25) is 0 Å². The normalized spacial score (nSPS) is 14.1. The van der Waals surface area contributed by atoms with Gasteiger partial charge in [0.05, 0.1) is 5.39 Å². The second-order valence-corrected chi connectivity index (χ2v) is 7.90. The number of nitrogens with zero attached hydrogens (tertiary/aromatic N) is 2. The van der Waals surface area contributed by atoms with Crippen LogP contribution in [0.5, 0.6) is 0 Å². The Hall–Kier alpha value is -1.21. The van der Waals surface area contributed by atoms with Crippen LogP contribution in [0.4, 0.5) is 11.8 Å². The average molecular weight is 326 g/mol. The van der Waals surface area contributed by atoms with Crippen molar-refractivity contribution in [1.82, 2.24) is 9.97 Å². The number of rotatable bonds is 7. The van der Waals surface area contributed by atoms with E-state index in [1.54, 1.807) is 17.6 Å². The fourth-order valence-electron chi connectivity index (χ4n) is 2.04. The lowest BCUT2D eigenvalue weighted by molar-refractivity contribution is 0.678. The molecule has 0 saturated heterocycles. The van der Waals surface area contributed by atoms with Crippen molar-refractivity contribution in [2.45, 2.75) is 33.2 Å². The van der Waals surface area contributed by atoms with E-state index < -0.39 is 10.8 Å². The Bertz CT molecular complexity index is 641. The molecule has 2 atom stereocenters. The molecule has 2 aromatic rings. The van der Waals surface area contributed by atoms with E-state index >= 15 is 0 Å². The maximum atomic E-state index is 11.2. The summed E-state index contributed by atoms with van der Waals surface area (Å²) in [7, 11) is -0.758. The van der Waals surface area contributed by atoms with Crippen LogP contribution < -0.4 is 10.6 Å². The second-order valence-electron chi connectivity index (χ2n) is 5.11. The predicted molar refractivity (Wildman–Crippen MR) is 93.0 cm³/mol. The van der Waals surface area contributed by atoms with Crippen LogP contribution in [0, 0.1) is 6.92 Å². The van der Waals surface area contributed by atoms with Gasteiger partial charge in [-0.05, 0) is 33.3 Å². The van der Waals surface area contributed by atoms with E-state index in [0.717, 1.165) is 29.0 Å². The minimum absolute atomic E-state index is 0.224. The first-order valence-corrected chi connectivity index (χ1v) is 9.62. The smallest absolute Gasteiger partial charge is 0.226 e. The lowest BCUT2D eigenvalue weighted by Crippen LogP contribution is -2.19. The van der Waals surface area contributed by atoms with Gasteiger partial charge in [-0.1, -0.05) is 0 Å². The summed E-state index contributed by atoms with van der Waals surface area (Å²) >= 11 is 1.67. The third-order valence-electron chi connectivity index (χ3n) is 3.07. The minimum Gasteiger partial charge on any atom is -0.367 e. The minimum atomic E-state index is -0.758. The molecule has 5 nitrogen and oxygen atoms in total. The fraction of sp³-hybridized carbons (Fsp3) is 0.571. The summed E-state index contributed by atoms with van der Waals surface area (Å²) in [5, 5.41) is 7.66. The molecule has 2 rings (SSSR count). The van der Waals surface area contributed by atoms with Crippen LogP contribution >= 0.6 is 11.3 Å². The summed E-state index contributed by atoms with van der Waals surface area (Å²) < 4.78 is 11.2. The number of fused-ring (bicyclic) bond motifs is 1. The molecular weight excluding hydrogens is 304 g/mol. The molecule has 0 saturated carbocycles. The first kappa shape index (κ1) is 16.2. The number of aromatic nitrogens is 2. The lowest BCUT2D eigenvalue weighted by Gasteiger charge is -2.15. The van der Waals surface area contributed by atoms with E-state index in [2.05, 4.69) is 40.5 Å². The highest BCUT2D eigenvalue weighted by atomic mass is 32.2. The van der Waals surface area contributed by atoms with Gasteiger partial charge in [0.15, 0.2) is 0 Å². The average Bonchev–Trinajstić information content (AvgIpc) is 2.77. The number of anilines is 2. The summed E-state index contributed by atoms with van der Waals surface area (Å²) in [5.41, 5.74) is 0. The van der Waals surface area contributed by atoms with Crippen molar-refractivity contribution in [3.63, 3.8) is 0 Å². The van der Waals surface area contributed by atoms with Gasteiger partial charge in [-0.25, -0.2) is 4.98 Å². The number of thiophene rings is 1. The first-order valence-electron chi connectivity index (χ1n) is 7.08. The van der Waals surface area contributed by atoms with Crippen molar-refractivity contribution >= 4 is 44.1 Å². The van der Waals surface area contributed by atoms with E-state index in [9.17, 15) is 4.21 Å². The van der Waals surface area contributed by atoms with E-state index in [1.165, 1.54) is 4.88 Å².